The highest BCUT2D eigenvalue weighted by molar-refractivity contribution is 5.95. The first-order chi connectivity index (χ1) is 18.7. The van der Waals surface area contributed by atoms with Crippen molar-refractivity contribution in [2.75, 3.05) is 44.2 Å². The van der Waals surface area contributed by atoms with Crippen LogP contribution in [0.2, 0.25) is 0 Å². The van der Waals surface area contributed by atoms with Gasteiger partial charge in [-0.1, -0.05) is 18.2 Å². The van der Waals surface area contributed by atoms with Crippen molar-refractivity contribution in [2.24, 2.45) is 17.6 Å². The van der Waals surface area contributed by atoms with Gasteiger partial charge in [-0.3, -0.25) is 14.4 Å². The molecule has 2 aliphatic heterocycles. The smallest absolute Gasteiger partial charge is 0.248 e. The number of carbonyl (C=O) groups is 3. The summed E-state index contributed by atoms with van der Waals surface area (Å²) in [6, 6.07) is 14.0. The van der Waals surface area contributed by atoms with E-state index in [0.29, 0.717) is 31.1 Å². The molecule has 0 aliphatic carbocycles. The number of carbonyl (C=O) groups excluding carboxylic acids is 3. The third-order valence-electron chi connectivity index (χ3n) is 8.68. The molecule has 2 heterocycles. The maximum Gasteiger partial charge on any atom is 0.248 e. The Morgan fingerprint density at radius 1 is 0.897 bits per heavy atom. The van der Waals surface area contributed by atoms with Gasteiger partial charge in [-0.05, 0) is 119 Å². The normalized spacial score (nSPS) is 17.3. The summed E-state index contributed by atoms with van der Waals surface area (Å²) >= 11 is 0. The fourth-order valence-corrected chi connectivity index (χ4v) is 5.93. The number of primary amides is 1. The lowest BCUT2D eigenvalue weighted by Gasteiger charge is -2.35. The van der Waals surface area contributed by atoms with E-state index in [1.54, 1.807) is 6.92 Å². The van der Waals surface area contributed by atoms with Crippen LogP contribution in [0.15, 0.2) is 42.5 Å². The Hall–Kier alpha value is -3.19. The molecule has 2 fully saturated rings. The highest BCUT2D eigenvalue weighted by atomic mass is 16.2. The minimum atomic E-state index is -0.383. The summed E-state index contributed by atoms with van der Waals surface area (Å²) in [5.74, 6) is 0.523. The first-order valence-corrected chi connectivity index (χ1v) is 14.5. The number of aryl methyl sites for hydroxylation is 2. The summed E-state index contributed by atoms with van der Waals surface area (Å²) in [6.45, 7) is 11.0. The van der Waals surface area contributed by atoms with Gasteiger partial charge in [0.15, 0.2) is 0 Å². The van der Waals surface area contributed by atoms with Crippen LogP contribution in [0.25, 0.3) is 0 Å². The molecule has 39 heavy (non-hydrogen) atoms. The van der Waals surface area contributed by atoms with E-state index in [4.69, 9.17) is 5.73 Å². The Kier molecular flexibility index (Phi) is 9.78. The largest absolute Gasteiger partial charge is 0.366 e. The van der Waals surface area contributed by atoms with Crippen molar-refractivity contribution in [3.8, 4) is 0 Å². The van der Waals surface area contributed by atoms with Crippen LogP contribution in [0, 0.1) is 25.7 Å². The van der Waals surface area contributed by atoms with Crippen molar-refractivity contribution in [2.45, 2.75) is 59.3 Å². The van der Waals surface area contributed by atoms with Crippen LogP contribution < -0.4 is 10.6 Å². The Morgan fingerprint density at radius 3 is 2.15 bits per heavy atom. The molecule has 0 spiro atoms. The van der Waals surface area contributed by atoms with Gasteiger partial charge in [0.2, 0.25) is 17.7 Å². The predicted octanol–water partition coefficient (Wildman–Crippen LogP) is 4.34. The van der Waals surface area contributed by atoms with Crippen LogP contribution >= 0.6 is 0 Å². The molecule has 3 amide bonds. The summed E-state index contributed by atoms with van der Waals surface area (Å²) in [6.07, 6.45) is 5.75. The average Bonchev–Trinajstić information content (AvgIpc) is 2.93. The second-order valence-electron chi connectivity index (χ2n) is 11.4. The van der Waals surface area contributed by atoms with Gasteiger partial charge in [-0.2, -0.15) is 0 Å². The maximum absolute atomic E-state index is 13.7. The Labute approximate surface area is 233 Å². The zero-order chi connectivity index (χ0) is 27.9. The van der Waals surface area contributed by atoms with Crippen molar-refractivity contribution in [1.29, 1.82) is 0 Å². The van der Waals surface area contributed by atoms with E-state index < -0.39 is 0 Å². The van der Waals surface area contributed by atoms with Crippen LogP contribution in [0.3, 0.4) is 0 Å². The summed E-state index contributed by atoms with van der Waals surface area (Å²) in [7, 11) is 0. The van der Waals surface area contributed by atoms with Gasteiger partial charge in [-0.25, -0.2) is 0 Å². The number of amides is 3. The highest BCUT2D eigenvalue weighted by Crippen LogP contribution is 2.26. The molecule has 0 radical (unpaired) electrons. The van der Waals surface area contributed by atoms with Gasteiger partial charge in [0.05, 0.1) is 0 Å². The Balaban J connectivity index is 1.29. The third kappa shape index (κ3) is 7.69. The zero-order valence-electron chi connectivity index (χ0n) is 23.8. The summed E-state index contributed by atoms with van der Waals surface area (Å²) < 4.78 is 0. The molecule has 0 unspecified atom stereocenters. The minimum absolute atomic E-state index is 0.0324. The highest BCUT2D eigenvalue weighted by Gasteiger charge is 2.30. The van der Waals surface area contributed by atoms with E-state index in [0.717, 1.165) is 63.8 Å². The number of nitrogens with two attached hydrogens (primary N) is 1. The lowest BCUT2D eigenvalue weighted by molar-refractivity contribution is -0.133. The van der Waals surface area contributed by atoms with Crippen LogP contribution in [-0.2, 0) is 16.0 Å². The molecule has 0 bridgehead atoms. The van der Waals surface area contributed by atoms with Gasteiger partial charge in [0.1, 0.15) is 0 Å². The van der Waals surface area contributed by atoms with Crippen molar-refractivity contribution in [1.82, 2.24) is 9.80 Å². The fraction of sp³-hybridized carbons (Fsp3) is 0.531. The molecule has 2 saturated heterocycles. The van der Waals surface area contributed by atoms with Crippen LogP contribution in [0.1, 0.15) is 66.1 Å². The first-order valence-electron chi connectivity index (χ1n) is 14.5. The average molecular weight is 533 g/mol. The Bertz CT molecular complexity index is 1150. The number of nitrogens with zero attached hydrogens (tertiary/aromatic N) is 3. The van der Waals surface area contributed by atoms with Gasteiger partial charge in [-0.15, -0.1) is 0 Å². The second kappa shape index (κ2) is 13.2. The monoisotopic (exact) mass is 532 g/mol. The fourth-order valence-electron chi connectivity index (χ4n) is 5.93. The minimum Gasteiger partial charge on any atom is -0.366 e. The van der Waals surface area contributed by atoms with Crippen molar-refractivity contribution in [3.05, 3.63) is 64.7 Å². The third-order valence-corrected chi connectivity index (χ3v) is 8.68. The first kappa shape index (κ1) is 28.8. The quantitative estimate of drug-likeness (QED) is 0.521. The van der Waals surface area contributed by atoms with Gasteiger partial charge in [0.25, 0.3) is 0 Å². The van der Waals surface area contributed by atoms with Crippen LogP contribution in [-0.4, -0.2) is 66.8 Å². The second-order valence-corrected chi connectivity index (χ2v) is 11.4. The Morgan fingerprint density at radius 2 is 1.56 bits per heavy atom. The topological polar surface area (TPSA) is 87.0 Å². The van der Waals surface area contributed by atoms with E-state index >= 15 is 0 Å². The molecule has 2 aromatic carbocycles. The van der Waals surface area contributed by atoms with Crippen LogP contribution in [0.4, 0.5) is 5.69 Å². The molecule has 0 aromatic heterocycles. The summed E-state index contributed by atoms with van der Waals surface area (Å²) in [5, 5.41) is 0. The van der Waals surface area contributed by atoms with Gasteiger partial charge in [0, 0.05) is 43.7 Å². The number of likely N-dealkylation sites (tertiary alicyclic amines) is 2. The van der Waals surface area contributed by atoms with E-state index in [2.05, 4.69) is 36.9 Å². The molecule has 7 heteroatoms. The molecule has 0 atom stereocenters. The maximum atomic E-state index is 13.7. The number of piperidine rings is 2. The van der Waals surface area contributed by atoms with E-state index in [9.17, 15) is 14.4 Å². The van der Waals surface area contributed by atoms with E-state index in [1.807, 2.05) is 34.1 Å². The lowest BCUT2D eigenvalue weighted by Crippen LogP contribution is -2.45. The van der Waals surface area contributed by atoms with E-state index in [1.165, 1.54) is 16.7 Å². The number of hydrogen-bond acceptors (Lipinski definition) is 4. The SMILES string of the molecule is CC(=O)N1CCC(C(=O)N(CCCN2CCC(Cc3ccc(C(N)=O)cc3)CC2)c2ccc(C)c(C)c2)CC1. The molecular weight excluding hydrogens is 488 g/mol. The molecule has 7 nitrogen and oxygen atoms in total. The van der Waals surface area contributed by atoms with Crippen molar-refractivity contribution < 1.29 is 14.4 Å². The molecule has 2 aliphatic rings. The van der Waals surface area contributed by atoms with Gasteiger partial charge >= 0.3 is 0 Å². The number of rotatable bonds is 9. The molecule has 4 rings (SSSR count). The standard InChI is InChI=1S/C32H44N4O3/c1-23-5-10-30(21-24(23)2)36(32(39)29-13-19-35(20-14-29)25(3)37)16-4-15-34-17-11-27(12-18-34)22-26-6-8-28(9-7-26)31(33)38/h5-10,21,27,29H,4,11-20,22H2,1-3H3,(H2,33,38). The van der Waals surface area contributed by atoms with Gasteiger partial charge < -0.3 is 20.4 Å². The van der Waals surface area contributed by atoms with Crippen molar-refractivity contribution in [3.63, 3.8) is 0 Å². The molecule has 0 saturated carbocycles. The summed E-state index contributed by atoms with van der Waals surface area (Å²) in [5.41, 5.74) is 10.6. The van der Waals surface area contributed by atoms with E-state index in [-0.39, 0.29) is 23.6 Å². The molecular formula is C32H44N4O3. The molecule has 210 valence electrons. The van der Waals surface area contributed by atoms with Crippen molar-refractivity contribution >= 4 is 23.4 Å². The molecule has 2 aromatic rings. The zero-order valence-corrected chi connectivity index (χ0v) is 23.8. The van der Waals surface area contributed by atoms with Crippen LogP contribution in [0.5, 0.6) is 0 Å². The molecule has 2 N–H and O–H groups in total. The number of benzene rings is 2. The lowest BCUT2D eigenvalue weighted by atomic mass is 9.90. The summed E-state index contributed by atoms with van der Waals surface area (Å²) in [4.78, 5) is 43.2. The number of anilines is 1. The predicted molar refractivity (Wildman–Crippen MR) is 156 cm³/mol. The number of hydrogen-bond donors (Lipinski definition) is 1.